The summed E-state index contributed by atoms with van der Waals surface area (Å²) in [6, 6.07) is 13.6. The molecule has 5 nitrogen and oxygen atoms in total. The number of hydrogen-bond donors (Lipinski definition) is 1. The molecule has 1 aliphatic rings. The van der Waals surface area contributed by atoms with Crippen molar-refractivity contribution in [3.63, 3.8) is 0 Å². The van der Waals surface area contributed by atoms with Crippen LogP contribution in [0.5, 0.6) is 0 Å². The molecule has 2 aromatic carbocycles. The molecule has 118 valence electrons. The van der Waals surface area contributed by atoms with Crippen molar-refractivity contribution in [2.24, 2.45) is 0 Å². The van der Waals surface area contributed by atoms with Gasteiger partial charge < -0.3 is 5.32 Å². The van der Waals surface area contributed by atoms with Gasteiger partial charge in [-0.2, -0.15) is 0 Å². The molecule has 0 aliphatic carbocycles. The summed E-state index contributed by atoms with van der Waals surface area (Å²) in [6.45, 7) is 3.81. The quantitative estimate of drug-likeness (QED) is 0.877. The van der Waals surface area contributed by atoms with Crippen LogP contribution in [0.4, 0.5) is 11.4 Å². The Hall–Kier alpha value is -2.60. The van der Waals surface area contributed by atoms with Crippen LogP contribution in [-0.2, 0) is 21.2 Å². The van der Waals surface area contributed by atoms with E-state index in [0.717, 1.165) is 17.3 Å². The zero-order valence-corrected chi connectivity index (χ0v) is 13.2. The number of carbonyl (C=O) groups excluding carboxylic acids is 1. The van der Waals surface area contributed by atoms with Crippen molar-refractivity contribution in [1.82, 2.24) is 0 Å². The Balaban J connectivity index is 1.89. The number of nitrogens with zero attached hydrogens (tertiary/aromatic N) is 1. The molecule has 0 atom stereocenters. The summed E-state index contributed by atoms with van der Waals surface area (Å²) in [5.74, 6) is -0.339. The average molecular weight is 328 g/mol. The van der Waals surface area contributed by atoms with Gasteiger partial charge in [-0.3, -0.25) is 9.10 Å². The number of sulfonamides is 1. The second-order valence-corrected chi connectivity index (χ2v) is 7.04. The van der Waals surface area contributed by atoms with Gasteiger partial charge in [-0.1, -0.05) is 24.8 Å². The van der Waals surface area contributed by atoms with Gasteiger partial charge in [-0.05, 0) is 48.4 Å². The van der Waals surface area contributed by atoms with E-state index in [0.29, 0.717) is 18.7 Å². The van der Waals surface area contributed by atoms with Crippen molar-refractivity contribution in [2.45, 2.75) is 11.3 Å². The third kappa shape index (κ3) is 2.85. The van der Waals surface area contributed by atoms with Crippen molar-refractivity contribution in [3.05, 3.63) is 66.7 Å². The Bertz CT molecular complexity index is 858. The molecule has 0 fully saturated rings. The maximum Gasteiger partial charge on any atom is 0.264 e. The van der Waals surface area contributed by atoms with E-state index in [-0.39, 0.29) is 10.8 Å². The number of amides is 1. The van der Waals surface area contributed by atoms with Crippen molar-refractivity contribution < 1.29 is 13.2 Å². The lowest BCUT2D eigenvalue weighted by Crippen LogP contribution is -2.29. The maximum atomic E-state index is 12.8. The lowest BCUT2D eigenvalue weighted by atomic mass is 10.2. The third-order valence-corrected chi connectivity index (χ3v) is 5.57. The molecule has 2 aromatic rings. The molecule has 1 heterocycles. The Morgan fingerprint density at radius 3 is 2.52 bits per heavy atom. The molecule has 0 spiro atoms. The van der Waals surface area contributed by atoms with E-state index >= 15 is 0 Å². The van der Waals surface area contributed by atoms with Gasteiger partial charge >= 0.3 is 0 Å². The van der Waals surface area contributed by atoms with Crippen LogP contribution in [0, 0.1) is 0 Å². The fourth-order valence-corrected chi connectivity index (χ4v) is 4.09. The first-order valence-electron chi connectivity index (χ1n) is 7.16. The highest BCUT2D eigenvalue weighted by atomic mass is 32.2. The van der Waals surface area contributed by atoms with Crippen LogP contribution in [-0.4, -0.2) is 20.9 Å². The van der Waals surface area contributed by atoms with E-state index in [1.54, 1.807) is 12.1 Å². The number of nitrogens with one attached hydrogen (secondary N) is 1. The molecule has 1 aliphatic heterocycles. The van der Waals surface area contributed by atoms with E-state index in [2.05, 4.69) is 11.9 Å². The van der Waals surface area contributed by atoms with Crippen LogP contribution in [0.2, 0.25) is 0 Å². The van der Waals surface area contributed by atoms with Gasteiger partial charge in [0.15, 0.2) is 0 Å². The fourth-order valence-electron chi connectivity index (χ4n) is 2.59. The normalized spacial score (nSPS) is 13.5. The van der Waals surface area contributed by atoms with Crippen molar-refractivity contribution in [1.29, 1.82) is 0 Å². The molecule has 0 saturated carbocycles. The second-order valence-electron chi connectivity index (χ2n) is 5.17. The number of anilines is 2. The molecule has 23 heavy (non-hydrogen) atoms. The van der Waals surface area contributed by atoms with Gasteiger partial charge in [0.1, 0.15) is 0 Å². The number of rotatable bonds is 4. The Kier molecular flexibility index (Phi) is 3.92. The van der Waals surface area contributed by atoms with E-state index in [9.17, 15) is 13.2 Å². The molecule has 0 radical (unpaired) electrons. The molecule has 0 unspecified atom stereocenters. The highest BCUT2D eigenvalue weighted by Crippen LogP contribution is 2.32. The number of hydrogen-bond acceptors (Lipinski definition) is 3. The van der Waals surface area contributed by atoms with Crippen molar-refractivity contribution >= 4 is 27.3 Å². The molecular formula is C17H16N2O3S. The van der Waals surface area contributed by atoms with Gasteiger partial charge in [-0.25, -0.2) is 8.42 Å². The van der Waals surface area contributed by atoms with Crippen LogP contribution >= 0.6 is 0 Å². The largest absolute Gasteiger partial charge is 0.323 e. The summed E-state index contributed by atoms with van der Waals surface area (Å²) in [5.41, 5.74) is 2.29. The lowest BCUT2D eigenvalue weighted by Gasteiger charge is -2.19. The monoisotopic (exact) mass is 328 g/mol. The predicted molar refractivity (Wildman–Crippen MR) is 89.9 cm³/mol. The molecule has 1 N–H and O–H groups in total. The summed E-state index contributed by atoms with van der Waals surface area (Å²) in [6.07, 6.45) is 1.87. The van der Waals surface area contributed by atoms with Gasteiger partial charge in [0.2, 0.25) is 5.91 Å². The minimum atomic E-state index is -3.60. The van der Waals surface area contributed by atoms with Gasteiger partial charge in [-0.15, -0.1) is 0 Å². The summed E-state index contributed by atoms with van der Waals surface area (Å²) >= 11 is 0. The Labute approximate surface area is 135 Å². The molecule has 6 heteroatoms. The Morgan fingerprint density at radius 2 is 1.83 bits per heavy atom. The molecule has 0 bridgehead atoms. The standard InChI is InChI=1S/C17H16N2O3S/c1-2-17(20)18-14-7-9-15(10-8-14)23(21,22)19-12-11-13-5-3-4-6-16(13)19/h2-10H,1,11-12H2,(H,18,20). The number of fused-ring (bicyclic) bond motifs is 1. The summed E-state index contributed by atoms with van der Waals surface area (Å²) in [5, 5.41) is 2.59. The smallest absolute Gasteiger partial charge is 0.264 e. The number of carbonyl (C=O) groups is 1. The molecular weight excluding hydrogens is 312 g/mol. The summed E-state index contributed by atoms with van der Waals surface area (Å²) in [7, 11) is -3.60. The predicted octanol–water partition coefficient (Wildman–Crippen LogP) is 2.56. The fraction of sp³-hybridized carbons (Fsp3) is 0.118. The Morgan fingerprint density at radius 1 is 1.13 bits per heavy atom. The first-order valence-corrected chi connectivity index (χ1v) is 8.60. The van der Waals surface area contributed by atoms with Crippen LogP contribution in [0.1, 0.15) is 5.56 Å². The average Bonchev–Trinajstić information content (AvgIpc) is 3.00. The molecule has 1 amide bonds. The van der Waals surface area contributed by atoms with E-state index in [1.807, 2.05) is 24.3 Å². The van der Waals surface area contributed by atoms with Crippen molar-refractivity contribution in [3.8, 4) is 0 Å². The van der Waals surface area contributed by atoms with E-state index in [1.165, 1.54) is 16.4 Å². The molecule has 0 aromatic heterocycles. The first-order chi connectivity index (χ1) is 11.0. The highest BCUT2D eigenvalue weighted by molar-refractivity contribution is 7.92. The van der Waals surface area contributed by atoms with Crippen LogP contribution in [0.3, 0.4) is 0 Å². The van der Waals surface area contributed by atoms with Crippen LogP contribution < -0.4 is 9.62 Å². The van der Waals surface area contributed by atoms with Crippen LogP contribution in [0.25, 0.3) is 0 Å². The van der Waals surface area contributed by atoms with Gasteiger partial charge in [0.25, 0.3) is 10.0 Å². The third-order valence-electron chi connectivity index (χ3n) is 3.74. The SMILES string of the molecule is C=CC(=O)Nc1ccc(S(=O)(=O)N2CCc3ccccc32)cc1. The molecule has 0 saturated heterocycles. The van der Waals surface area contributed by atoms with Gasteiger partial charge in [0.05, 0.1) is 10.6 Å². The maximum absolute atomic E-state index is 12.8. The zero-order valence-electron chi connectivity index (χ0n) is 12.4. The van der Waals surface area contributed by atoms with E-state index in [4.69, 9.17) is 0 Å². The minimum Gasteiger partial charge on any atom is -0.323 e. The van der Waals surface area contributed by atoms with E-state index < -0.39 is 10.0 Å². The summed E-state index contributed by atoms with van der Waals surface area (Å²) in [4.78, 5) is 11.5. The number of benzene rings is 2. The summed E-state index contributed by atoms with van der Waals surface area (Å²) < 4.78 is 27.0. The zero-order chi connectivity index (χ0) is 16.4. The molecule has 3 rings (SSSR count). The first kappa shape index (κ1) is 15.3. The van der Waals surface area contributed by atoms with Gasteiger partial charge in [0, 0.05) is 12.2 Å². The minimum absolute atomic E-state index is 0.200. The van der Waals surface area contributed by atoms with Crippen LogP contribution in [0.15, 0.2) is 66.1 Å². The lowest BCUT2D eigenvalue weighted by molar-refractivity contribution is -0.111. The highest BCUT2D eigenvalue weighted by Gasteiger charge is 2.30. The topological polar surface area (TPSA) is 66.5 Å². The van der Waals surface area contributed by atoms with Crippen molar-refractivity contribution in [2.75, 3.05) is 16.2 Å². The second kappa shape index (κ2) is 5.89. The number of para-hydroxylation sites is 1.